The number of ketones is 2. The summed E-state index contributed by atoms with van der Waals surface area (Å²) in [6, 6.07) is 12.6. The molecule has 0 radical (unpaired) electrons. The van der Waals surface area contributed by atoms with Gasteiger partial charge in [-0.2, -0.15) is 5.26 Å². The largest absolute Gasteiger partial charge is 0.483 e. The number of esters is 2. The van der Waals surface area contributed by atoms with E-state index in [0.717, 1.165) is 125 Å². The van der Waals surface area contributed by atoms with Crippen molar-refractivity contribution in [1.29, 1.82) is 5.26 Å². The number of ether oxygens (including phenoxy) is 4. The fraction of sp³-hybridized carbons (Fsp3) is 0.580. The van der Waals surface area contributed by atoms with Crippen LogP contribution in [0.2, 0.25) is 0 Å². The minimum atomic E-state index is -0.849. The van der Waals surface area contributed by atoms with E-state index in [-0.39, 0.29) is 85.0 Å². The van der Waals surface area contributed by atoms with Crippen LogP contribution in [-0.2, 0) is 51.1 Å². The molecule has 15 nitrogen and oxygen atoms in total. The van der Waals surface area contributed by atoms with Crippen molar-refractivity contribution in [2.75, 3.05) is 26.3 Å². The summed E-state index contributed by atoms with van der Waals surface area (Å²) in [5, 5.41) is 11.5. The number of Topliss-reactive ketones (excluding diaryl/α,β-unsaturated/α-hetero) is 2. The van der Waals surface area contributed by atoms with Gasteiger partial charge in [0.05, 0.1) is 83.3 Å². The Hall–Kier alpha value is -6.47. The van der Waals surface area contributed by atoms with E-state index in [1.165, 1.54) is 0 Å². The summed E-state index contributed by atoms with van der Waals surface area (Å²) in [6.45, 7) is 12.7. The quantitative estimate of drug-likeness (QED) is 0.138. The zero-order valence-corrected chi connectivity index (χ0v) is 52.0. The summed E-state index contributed by atoms with van der Waals surface area (Å²) >= 11 is 3.60. The van der Waals surface area contributed by atoms with E-state index in [1.807, 2.05) is 52.0 Å². The van der Waals surface area contributed by atoms with Crippen LogP contribution >= 0.6 is 15.9 Å². The average Bonchev–Trinajstić information content (AvgIpc) is 1.84. The summed E-state index contributed by atoms with van der Waals surface area (Å²) in [4.78, 5) is 95.9. The van der Waals surface area contributed by atoms with Crippen LogP contribution in [0.25, 0.3) is 21.8 Å². The first-order valence-corrected chi connectivity index (χ1v) is 32.3. The number of hydrogen-bond donors (Lipinski definition) is 0. The van der Waals surface area contributed by atoms with Gasteiger partial charge < -0.3 is 28.7 Å². The molecule has 6 aliphatic heterocycles. The summed E-state index contributed by atoms with van der Waals surface area (Å²) in [5.41, 5.74) is 3.00. The van der Waals surface area contributed by atoms with Gasteiger partial charge in [-0.25, -0.2) is 9.97 Å². The lowest BCUT2D eigenvalue weighted by Gasteiger charge is -2.36. The van der Waals surface area contributed by atoms with Crippen molar-refractivity contribution in [2.24, 2.45) is 34.5 Å². The van der Waals surface area contributed by atoms with Crippen LogP contribution in [0.4, 0.5) is 0 Å². The van der Waals surface area contributed by atoms with Gasteiger partial charge in [-0.15, -0.1) is 0 Å². The molecule has 8 heterocycles. The molecule has 450 valence electrons. The van der Waals surface area contributed by atoms with Crippen LogP contribution < -0.4 is 9.47 Å². The second-order valence-electron chi connectivity index (χ2n) is 26.1. The van der Waals surface area contributed by atoms with Gasteiger partial charge in [-0.05, 0) is 153 Å². The molecule has 10 atom stereocenters. The molecule has 2 saturated carbocycles. The highest BCUT2D eigenvalue weighted by atomic mass is 79.9. The minimum absolute atomic E-state index is 0.00297. The smallest absolute Gasteiger partial charge is 0.313 e. The number of aryl methyl sites for hydroxylation is 4. The van der Waals surface area contributed by atoms with Gasteiger partial charge in [0.15, 0.2) is 11.6 Å². The molecular formula is C69H82BrN5O10. The maximum Gasteiger partial charge on any atom is 0.313 e. The van der Waals surface area contributed by atoms with Crippen LogP contribution in [0.15, 0.2) is 65.2 Å². The highest BCUT2D eigenvalue weighted by Gasteiger charge is 2.64. The zero-order valence-electron chi connectivity index (χ0n) is 50.4. The first-order chi connectivity index (χ1) is 40.9. The number of fused-ring (bicyclic) bond motifs is 10. The molecular weight excluding hydrogens is 1140 g/mol. The van der Waals surface area contributed by atoms with Gasteiger partial charge in [0.2, 0.25) is 11.8 Å². The normalized spacial score (nSPS) is 31.9. The Balaban J connectivity index is 0.000000177. The van der Waals surface area contributed by atoms with Gasteiger partial charge >= 0.3 is 11.9 Å². The van der Waals surface area contributed by atoms with Crippen molar-refractivity contribution in [3.05, 3.63) is 93.3 Å². The Morgan fingerprint density at radius 2 is 1.12 bits per heavy atom. The molecule has 4 aromatic rings. The first-order valence-electron chi connectivity index (χ1n) is 31.5. The third-order valence-corrected chi connectivity index (χ3v) is 20.6. The van der Waals surface area contributed by atoms with Gasteiger partial charge in [0, 0.05) is 63.9 Å². The van der Waals surface area contributed by atoms with E-state index >= 15 is 0 Å². The highest BCUT2D eigenvalue weighted by Crippen LogP contribution is 2.60. The Labute approximate surface area is 508 Å². The molecule has 4 fully saturated rings. The van der Waals surface area contributed by atoms with E-state index < -0.39 is 34.1 Å². The van der Waals surface area contributed by atoms with Crippen LogP contribution in [-0.4, -0.2) is 105 Å². The molecule has 2 aliphatic carbocycles. The van der Waals surface area contributed by atoms with E-state index in [0.29, 0.717) is 69.3 Å². The Morgan fingerprint density at radius 3 is 1.58 bits per heavy atom. The number of aromatic nitrogens is 2. The number of nitriles is 1. The van der Waals surface area contributed by atoms with Crippen LogP contribution in [0, 0.1) is 59.7 Å². The summed E-state index contributed by atoms with van der Waals surface area (Å²) in [6.07, 6.45) is 23.1. The monoisotopic (exact) mass is 1220 g/mol. The van der Waals surface area contributed by atoms with Gasteiger partial charge in [0.25, 0.3) is 0 Å². The fourth-order valence-corrected chi connectivity index (χ4v) is 15.5. The molecule has 85 heavy (non-hydrogen) atoms. The van der Waals surface area contributed by atoms with Gasteiger partial charge in [0.1, 0.15) is 22.7 Å². The third kappa shape index (κ3) is 11.8. The Morgan fingerprint density at radius 1 is 0.659 bits per heavy atom. The van der Waals surface area contributed by atoms with E-state index in [1.54, 1.807) is 29.7 Å². The third-order valence-electron chi connectivity index (χ3n) is 20.1. The summed E-state index contributed by atoms with van der Waals surface area (Å²) < 4.78 is 25.6. The topological polar surface area (TPSA) is 195 Å². The summed E-state index contributed by atoms with van der Waals surface area (Å²) in [7, 11) is 0. The second kappa shape index (κ2) is 24.4. The zero-order chi connectivity index (χ0) is 60.0. The molecule has 2 aromatic heterocycles. The highest BCUT2D eigenvalue weighted by molar-refractivity contribution is 9.10. The SMILES string of the molecule is CCOC(=O)[C@]12CC(=O)[C@@H]3C[C@]4(CCc5c(c(C)nc6ccc(Br)cc56)O4)CN3C(=O)[C@@H](C)CCCCC/C=C\[C@@H]1C2.CCOC(=O)[C@]12CC(=O)[C@@H]3C[C@]4(CCc5c(c(C)nc6ccc(C#N)cc56)O4)CN3C(=O)[C@@H](C)CCCCC/C=C\[C@@H]1C2. The van der Waals surface area contributed by atoms with Gasteiger partial charge in [-0.1, -0.05) is 79.8 Å². The number of pyridine rings is 2. The molecule has 12 rings (SSSR count). The van der Waals surface area contributed by atoms with Crippen LogP contribution in [0.3, 0.4) is 0 Å². The predicted molar refractivity (Wildman–Crippen MR) is 325 cm³/mol. The molecule has 0 N–H and O–H groups in total. The number of carbonyl (C=O) groups is 6. The van der Waals surface area contributed by atoms with Crippen molar-refractivity contribution >= 4 is 73.1 Å². The molecule has 0 bridgehead atoms. The molecule has 2 saturated heterocycles. The average molecular weight is 1220 g/mol. The van der Waals surface area contributed by atoms with Gasteiger partial charge in [-0.3, -0.25) is 28.8 Å². The van der Waals surface area contributed by atoms with Crippen molar-refractivity contribution in [2.45, 2.75) is 193 Å². The molecule has 2 aromatic carbocycles. The van der Waals surface area contributed by atoms with Crippen molar-refractivity contribution in [3.63, 3.8) is 0 Å². The minimum Gasteiger partial charge on any atom is -0.483 e. The van der Waals surface area contributed by atoms with Crippen LogP contribution in [0.1, 0.15) is 171 Å². The molecule has 16 heteroatoms. The Kier molecular flexibility index (Phi) is 17.3. The maximum absolute atomic E-state index is 14.2. The number of halogens is 1. The lowest BCUT2D eigenvalue weighted by Crippen LogP contribution is -2.46. The van der Waals surface area contributed by atoms with Crippen molar-refractivity contribution < 1.29 is 47.7 Å². The van der Waals surface area contributed by atoms with Crippen molar-refractivity contribution in [1.82, 2.24) is 19.8 Å². The summed E-state index contributed by atoms with van der Waals surface area (Å²) in [5.74, 6) is 0.336. The number of carbonyl (C=O) groups excluding carboxylic acids is 6. The fourth-order valence-electron chi connectivity index (χ4n) is 15.1. The Bertz CT molecular complexity index is 3440. The lowest BCUT2D eigenvalue weighted by atomic mass is 9.85. The number of amides is 2. The number of rotatable bonds is 4. The second-order valence-corrected chi connectivity index (χ2v) is 27.0. The molecule has 2 amide bonds. The number of hydrogen-bond acceptors (Lipinski definition) is 13. The van der Waals surface area contributed by atoms with E-state index in [2.05, 4.69) is 52.4 Å². The molecule has 0 unspecified atom stereocenters. The van der Waals surface area contributed by atoms with E-state index in [4.69, 9.17) is 28.9 Å². The van der Waals surface area contributed by atoms with Crippen molar-refractivity contribution in [3.8, 4) is 17.6 Å². The molecule has 8 aliphatic rings. The van der Waals surface area contributed by atoms with E-state index in [9.17, 15) is 34.0 Å². The maximum atomic E-state index is 14.2. The lowest BCUT2D eigenvalue weighted by molar-refractivity contribution is -0.153. The number of nitrogens with zero attached hydrogens (tertiary/aromatic N) is 5. The standard InChI is InChI=1S/C35H41N3O5.C34H41BrN2O5/c1-4-42-33(41)35-17-25(35)11-9-7-5-6-8-10-22(2)32(40)38-21-34(18-29(38)30(39)19-35)15-14-26-27-16-24(20-36)12-13-28(27)37-23(3)31(26)43-34;1-4-41-32(40)34-17-23(34)11-9-7-5-6-8-10-21(2)31(39)37-20-33(18-28(37)29(38)19-34)15-14-25-26-16-24(35)12-13-27(26)36-22(3)30(25)42-33/h9,11-13,16,22,25,29H,4-8,10,14-15,17-19,21H2,1-3H3;9,11-13,16,21,23,28H,4-8,10,14-15,17-20H2,1-3H3/b2*11-9-/t22-,25+,29-,34+,35+;21-,23+,28-,33+,34+/m00/s1. The first kappa shape index (κ1) is 60.2. The number of allylic oxidation sites excluding steroid dienone is 4. The van der Waals surface area contributed by atoms with Crippen LogP contribution in [0.5, 0.6) is 11.5 Å². The molecule has 2 spiro atoms. The predicted octanol–water partition coefficient (Wildman–Crippen LogP) is 12.4. The number of benzene rings is 2.